The van der Waals surface area contributed by atoms with E-state index >= 15 is 0 Å². The van der Waals surface area contributed by atoms with E-state index in [0.717, 1.165) is 9.86 Å². The molecule has 0 radical (unpaired) electrons. The van der Waals surface area contributed by atoms with Crippen LogP contribution in [0.1, 0.15) is 12.8 Å². The molecule has 2 heterocycles. The molecule has 7 nitrogen and oxygen atoms in total. The molecule has 1 saturated carbocycles. The highest BCUT2D eigenvalue weighted by Gasteiger charge is 2.62. The number of aliphatic hydroxyl groups is 3. The second-order valence-corrected chi connectivity index (χ2v) is 7.14. The predicted molar refractivity (Wildman–Crippen MR) is 89.3 cm³/mol. The minimum absolute atomic E-state index is 0.298. The van der Waals surface area contributed by atoms with Crippen molar-refractivity contribution >= 4 is 32.7 Å². The third-order valence-corrected chi connectivity index (χ3v) is 5.42. The molecule has 0 amide bonds. The molecule has 24 heavy (non-hydrogen) atoms. The summed E-state index contributed by atoms with van der Waals surface area (Å²) in [5.41, 5.74) is 5.02. The van der Waals surface area contributed by atoms with E-state index in [2.05, 4.69) is 20.9 Å². The van der Waals surface area contributed by atoms with Crippen molar-refractivity contribution in [2.75, 3.05) is 5.73 Å². The number of benzene rings is 1. The number of hydrogen-bond donors (Lipinski definition) is 4. The van der Waals surface area contributed by atoms with E-state index in [1.165, 1.54) is 0 Å². The zero-order valence-electron chi connectivity index (χ0n) is 12.6. The number of pyridine rings is 1. The monoisotopic (exact) mass is 396 g/mol. The van der Waals surface area contributed by atoms with Crippen LogP contribution >= 0.6 is 15.9 Å². The number of ether oxygens (including phenoxy) is 2. The Morgan fingerprint density at radius 1 is 1.33 bits per heavy atom. The highest BCUT2D eigenvalue weighted by atomic mass is 79.9. The SMILES string of the molecule is Nc1nc2cc(O[C@H]3CC[C@@]4(O)[C@@H]3OC(O)[C@@H]4O)ccc2cc1Br. The van der Waals surface area contributed by atoms with Crippen molar-refractivity contribution in [2.24, 2.45) is 0 Å². The second-order valence-electron chi connectivity index (χ2n) is 6.29. The van der Waals surface area contributed by atoms with Crippen molar-refractivity contribution in [3.63, 3.8) is 0 Å². The van der Waals surface area contributed by atoms with Crippen molar-refractivity contribution in [3.05, 3.63) is 28.7 Å². The maximum Gasteiger partial charge on any atom is 0.184 e. The molecule has 5 N–H and O–H groups in total. The summed E-state index contributed by atoms with van der Waals surface area (Å²) in [7, 11) is 0. The summed E-state index contributed by atoms with van der Waals surface area (Å²) < 4.78 is 12.0. The van der Waals surface area contributed by atoms with Crippen LogP contribution in [0.4, 0.5) is 5.82 Å². The van der Waals surface area contributed by atoms with Crippen molar-refractivity contribution < 1.29 is 24.8 Å². The number of fused-ring (bicyclic) bond motifs is 2. The van der Waals surface area contributed by atoms with Gasteiger partial charge in [-0.1, -0.05) is 0 Å². The summed E-state index contributed by atoms with van der Waals surface area (Å²) in [6, 6.07) is 7.30. The Labute approximate surface area is 146 Å². The van der Waals surface area contributed by atoms with Gasteiger partial charge in [0, 0.05) is 11.5 Å². The normalized spacial score (nSPS) is 35.3. The molecule has 1 aliphatic carbocycles. The molecule has 0 spiro atoms. The average molecular weight is 397 g/mol. The van der Waals surface area contributed by atoms with Crippen LogP contribution in [-0.4, -0.2) is 50.5 Å². The number of nitrogen functional groups attached to an aromatic ring is 1. The Kier molecular flexibility index (Phi) is 3.70. The lowest BCUT2D eigenvalue weighted by atomic mass is 9.95. The minimum Gasteiger partial charge on any atom is -0.488 e. The van der Waals surface area contributed by atoms with Gasteiger partial charge >= 0.3 is 0 Å². The van der Waals surface area contributed by atoms with E-state index in [1.807, 2.05) is 12.1 Å². The van der Waals surface area contributed by atoms with Gasteiger partial charge < -0.3 is 30.5 Å². The molecular formula is C16H17BrN2O5. The zero-order valence-corrected chi connectivity index (χ0v) is 14.2. The van der Waals surface area contributed by atoms with E-state index in [9.17, 15) is 15.3 Å². The molecule has 1 aromatic heterocycles. The molecule has 4 rings (SSSR count). The summed E-state index contributed by atoms with van der Waals surface area (Å²) >= 11 is 3.34. The number of halogens is 1. The Bertz CT molecular complexity index is 803. The third-order valence-electron chi connectivity index (χ3n) is 4.79. The summed E-state index contributed by atoms with van der Waals surface area (Å²) in [5, 5.41) is 31.0. The van der Waals surface area contributed by atoms with Crippen molar-refractivity contribution in [2.45, 2.75) is 43.0 Å². The van der Waals surface area contributed by atoms with Crippen LogP contribution in [0.15, 0.2) is 28.7 Å². The summed E-state index contributed by atoms with van der Waals surface area (Å²) in [6.45, 7) is 0. The van der Waals surface area contributed by atoms with Crippen LogP contribution in [0.2, 0.25) is 0 Å². The van der Waals surface area contributed by atoms with Gasteiger partial charge in [0.1, 0.15) is 35.5 Å². The predicted octanol–water partition coefficient (Wildman–Crippen LogP) is 0.930. The topological polar surface area (TPSA) is 118 Å². The smallest absolute Gasteiger partial charge is 0.184 e. The fraction of sp³-hybridized carbons (Fsp3) is 0.438. The third kappa shape index (κ3) is 2.37. The van der Waals surface area contributed by atoms with Crippen LogP contribution in [0.3, 0.4) is 0 Å². The number of anilines is 1. The van der Waals surface area contributed by atoms with Gasteiger partial charge in [0.05, 0.1) is 9.99 Å². The van der Waals surface area contributed by atoms with Gasteiger partial charge in [-0.05, 0) is 47.0 Å². The van der Waals surface area contributed by atoms with E-state index < -0.39 is 30.2 Å². The first-order valence-electron chi connectivity index (χ1n) is 7.65. The lowest BCUT2D eigenvalue weighted by Gasteiger charge is -2.25. The summed E-state index contributed by atoms with van der Waals surface area (Å²) in [4.78, 5) is 4.30. The molecule has 128 valence electrons. The Balaban J connectivity index is 1.60. The molecule has 5 atom stereocenters. The van der Waals surface area contributed by atoms with E-state index in [-0.39, 0.29) is 0 Å². The van der Waals surface area contributed by atoms with Crippen LogP contribution in [-0.2, 0) is 4.74 Å². The van der Waals surface area contributed by atoms with Crippen molar-refractivity contribution in [3.8, 4) is 5.75 Å². The van der Waals surface area contributed by atoms with Crippen LogP contribution < -0.4 is 10.5 Å². The van der Waals surface area contributed by atoms with Crippen LogP contribution in [0, 0.1) is 0 Å². The fourth-order valence-electron chi connectivity index (χ4n) is 3.49. The molecule has 2 aromatic rings. The average Bonchev–Trinajstić information content (AvgIpc) is 2.96. The standard InChI is InChI=1S/C16H17BrN2O5/c17-9-5-7-1-2-8(6-10(7)19-14(9)18)23-11-3-4-16(22)12(20)15(21)24-13(11)16/h1-2,5-6,11-13,15,20-22H,3-4H2,(H2,18,19)/t11-,12-,13+,15?,16-/m0/s1. The van der Waals surface area contributed by atoms with Gasteiger partial charge in [0.25, 0.3) is 0 Å². The van der Waals surface area contributed by atoms with E-state index in [0.29, 0.717) is 29.9 Å². The molecule has 1 aliphatic heterocycles. The number of aromatic nitrogens is 1. The van der Waals surface area contributed by atoms with Crippen molar-refractivity contribution in [1.82, 2.24) is 4.98 Å². The first-order chi connectivity index (χ1) is 11.4. The van der Waals surface area contributed by atoms with Gasteiger partial charge in [-0.2, -0.15) is 0 Å². The number of aliphatic hydroxyl groups excluding tert-OH is 2. The van der Waals surface area contributed by atoms with Crippen LogP contribution in [0.25, 0.3) is 10.9 Å². The maximum atomic E-state index is 10.5. The second kappa shape index (κ2) is 5.53. The summed E-state index contributed by atoms with van der Waals surface area (Å²) in [6.07, 6.45) is -3.16. The molecule has 2 aliphatic rings. The van der Waals surface area contributed by atoms with Crippen molar-refractivity contribution in [1.29, 1.82) is 0 Å². The zero-order chi connectivity index (χ0) is 17.1. The Morgan fingerprint density at radius 2 is 2.12 bits per heavy atom. The summed E-state index contributed by atoms with van der Waals surface area (Å²) in [5.74, 6) is 0.950. The first kappa shape index (κ1) is 16.0. The minimum atomic E-state index is -1.48. The van der Waals surface area contributed by atoms with Gasteiger partial charge in [-0.15, -0.1) is 0 Å². The van der Waals surface area contributed by atoms with Gasteiger partial charge in [0.15, 0.2) is 6.29 Å². The van der Waals surface area contributed by atoms with Gasteiger partial charge in [0.2, 0.25) is 0 Å². The Hall–Kier alpha value is -1.45. The molecule has 1 saturated heterocycles. The highest BCUT2D eigenvalue weighted by Crippen LogP contribution is 2.44. The van der Waals surface area contributed by atoms with Crippen LogP contribution in [0.5, 0.6) is 5.75 Å². The molecule has 2 fully saturated rings. The van der Waals surface area contributed by atoms with E-state index in [1.54, 1.807) is 12.1 Å². The molecular weight excluding hydrogens is 380 g/mol. The highest BCUT2D eigenvalue weighted by molar-refractivity contribution is 9.10. The van der Waals surface area contributed by atoms with Gasteiger partial charge in [-0.3, -0.25) is 0 Å². The molecule has 8 heteroatoms. The van der Waals surface area contributed by atoms with E-state index in [4.69, 9.17) is 15.2 Å². The maximum absolute atomic E-state index is 10.5. The number of hydrogen-bond acceptors (Lipinski definition) is 7. The Morgan fingerprint density at radius 3 is 2.92 bits per heavy atom. The first-order valence-corrected chi connectivity index (χ1v) is 8.44. The molecule has 0 bridgehead atoms. The molecule has 1 unspecified atom stereocenters. The lowest BCUT2D eigenvalue weighted by molar-refractivity contribution is -0.142. The molecule has 1 aromatic carbocycles. The van der Waals surface area contributed by atoms with Gasteiger partial charge in [-0.25, -0.2) is 4.98 Å². The number of nitrogens with zero attached hydrogens (tertiary/aromatic N) is 1. The fourth-order valence-corrected chi connectivity index (χ4v) is 3.82. The largest absolute Gasteiger partial charge is 0.488 e. The number of nitrogens with two attached hydrogens (primary N) is 1. The number of rotatable bonds is 2. The lowest BCUT2D eigenvalue weighted by Crippen LogP contribution is -2.47. The quantitative estimate of drug-likeness (QED) is 0.596.